The largest absolute Gasteiger partial charge is 0.497 e. The van der Waals surface area contributed by atoms with E-state index in [1.807, 2.05) is 43.3 Å². The lowest BCUT2D eigenvalue weighted by atomic mass is 9.96. The number of aromatic nitrogens is 1. The standard InChI is InChI=1S/C26H31N3O3/c1-18-24(14-21-6-9-23(32-3)15-25(21)28-18)26(30)27-16-19-10-12-29(13-11-19)17-20-4-7-22(31-2)8-5-20/h4-9,14-15,19H,10-13,16-17H2,1-3H3,(H,27,30). The molecule has 1 amide bonds. The molecule has 1 aliphatic rings. The topological polar surface area (TPSA) is 63.7 Å². The molecule has 1 aromatic heterocycles. The third-order valence-electron chi connectivity index (χ3n) is 6.28. The smallest absolute Gasteiger partial charge is 0.253 e. The first-order chi connectivity index (χ1) is 15.6. The van der Waals surface area contributed by atoms with Gasteiger partial charge in [0, 0.05) is 24.5 Å². The maximum absolute atomic E-state index is 12.8. The number of likely N-dealkylation sites (tertiary alicyclic amines) is 1. The van der Waals surface area contributed by atoms with Crippen molar-refractivity contribution in [2.75, 3.05) is 33.9 Å². The second-order valence-corrected chi connectivity index (χ2v) is 8.46. The third kappa shape index (κ3) is 5.19. The molecule has 0 atom stereocenters. The van der Waals surface area contributed by atoms with Gasteiger partial charge in [-0.15, -0.1) is 0 Å². The fourth-order valence-corrected chi connectivity index (χ4v) is 4.27. The Morgan fingerprint density at radius 2 is 1.72 bits per heavy atom. The van der Waals surface area contributed by atoms with E-state index in [0.29, 0.717) is 18.0 Å². The zero-order chi connectivity index (χ0) is 22.5. The van der Waals surface area contributed by atoms with Gasteiger partial charge in [0.1, 0.15) is 11.5 Å². The molecule has 1 aliphatic heterocycles. The molecule has 1 fully saturated rings. The molecule has 1 saturated heterocycles. The van der Waals surface area contributed by atoms with E-state index in [4.69, 9.17) is 9.47 Å². The van der Waals surface area contributed by atoms with E-state index in [1.54, 1.807) is 14.2 Å². The number of hydrogen-bond acceptors (Lipinski definition) is 5. The second kappa shape index (κ2) is 10.0. The molecular weight excluding hydrogens is 402 g/mol. The molecule has 2 heterocycles. The summed E-state index contributed by atoms with van der Waals surface area (Å²) in [7, 11) is 3.33. The first-order valence-corrected chi connectivity index (χ1v) is 11.1. The zero-order valence-corrected chi connectivity index (χ0v) is 19.1. The molecule has 4 rings (SSSR count). The fourth-order valence-electron chi connectivity index (χ4n) is 4.27. The highest BCUT2D eigenvalue weighted by molar-refractivity contribution is 5.98. The highest BCUT2D eigenvalue weighted by atomic mass is 16.5. The summed E-state index contributed by atoms with van der Waals surface area (Å²) in [5.41, 5.74) is 3.51. The maximum Gasteiger partial charge on any atom is 0.253 e. The molecule has 0 unspecified atom stereocenters. The predicted molar refractivity (Wildman–Crippen MR) is 126 cm³/mol. The molecule has 3 aromatic rings. The van der Waals surface area contributed by atoms with Gasteiger partial charge in [0.05, 0.1) is 31.0 Å². The Kier molecular flexibility index (Phi) is 6.90. The lowest BCUT2D eigenvalue weighted by molar-refractivity contribution is 0.0934. The highest BCUT2D eigenvalue weighted by Gasteiger charge is 2.21. The van der Waals surface area contributed by atoms with Crippen LogP contribution in [0.3, 0.4) is 0 Å². The van der Waals surface area contributed by atoms with Gasteiger partial charge in [0.15, 0.2) is 0 Å². The Morgan fingerprint density at radius 3 is 2.41 bits per heavy atom. The van der Waals surface area contributed by atoms with Gasteiger partial charge in [-0.2, -0.15) is 0 Å². The number of amides is 1. The number of hydrogen-bond donors (Lipinski definition) is 1. The minimum atomic E-state index is -0.0478. The van der Waals surface area contributed by atoms with Crippen molar-refractivity contribution in [3.63, 3.8) is 0 Å². The van der Waals surface area contributed by atoms with E-state index in [9.17, 15) is 4.79 Å². The average Bonchev–Trinajstić information content (AvgIpc) is 2.83. The van der Waals surface area contributed by atoms with Gasteiger partial charge in [-0.05, 0) is 74.7 Å². The Morgan fingerprint density at radius 1 is 1.03 bits per heavy atom. The van der Waals surface area contributed by atoms with Crippen molar-refractivity contribution in [1.29, 1.82) is 0 Å². The lowest BCUT2D eigenvalue weighted by Crippen LogP contribution is -2.38. The normalized spacial score (nSPS) is 15.0. The average molecular weight is 434 g/mol. The monoisotopic (exact) mass is 433 g/mol. The number of methoxy groups -OCH3 is 2. The zero-order valence-electron chi connectivity index (χ0n) is 19.1. The molecule has 0 saturated carbocycles. The molecule has 2 aromatic carbocycles. The SMILES string of the molecule is COc1ccc(CN2CCC(CNC(=O)c3cc4ccc(OC)cc4nc3C)CC2)cc1. The van der Waals surface area contributed by atoms with Gasteiger partial charge in [0.2, 0.25) is 0 Å². The predicted octanol–water partition coefficient (Wildman–Crippen LogP) is 4.20. The van der Waals surface area contributed by atoms with Crippen molar-refractivity contribution in [1.82, 2.24) is 15.2 Å². The molecule has 1 N–H and O–H groups in total. The molecule has 32 heavy (non-hydrogen) atoms. The van der Waals surface area contributed by atoms with E-state index in [1.165, 1.54) is 5.56 Å². The molecule has 6 nitrogen and oxygen atoms in total. The Labute approximate surface area is 189 Å². The number of nitrogens with one attached hydrogen (secondary N) is 1. The third-order valence-corrected chi connectivity index (χ3v) is 6.28. The lowest BCUT2D eigenvalue weighted by Gasteiger charge is -2.32. The molecule has 0 bridgehead atoms. The van der Waals surface area contributed by atoms with Crippen LogP contribution in [0.25, 0.3) is 10.9 Å². The molecule has 6 heteroatoms. The van der Waals surface area contributed by atoms with Gasteiger partial charge in [0.25, 0.3) is 5.91 Å². The van der Waals surface area contributed by atoms with Crippen molar-refractivity contribution < 1.29 is 14.3 Å². The molecule has 0 aliphatic carbocycles. The summed E-state index contributed by atoms with van der Waals surface area (Å²) in [4.78, 5) is 19.9. The van der Waals surface area contributed by atoms with Crippen molar-refractivity contribution in [2.24, 2.45) is 5.92 Å². The van der Waals surface area contributed by atoms with Crippen LogP contribution in [0, 0.1) is 12.8 Å². The summed E-state index contributed by atoms with van der Waals surface area (Å²) in [5.74, 6) is 2.11. The van der Waals surface area contributed by atoms with Crippen LogP contribution in [0.4, 0.5) is 0 Å². The van der Waals surface area contributed by atoms with E-state index < -0.39 is 0 Å². The van der Waals surface area contributed by atoms with E-state index in [2.05, 4.69) is 27.3 Å². The quantitative estimate of drug-likeness (QED) is 0.605. The van der Waals surface area contributed by atoms with E-state index in [-0.39, 0.29) is 5.91 Å². The fraction of sp³-hybridized carbons (Fsp3) is 0.385. The summed E-state index contributed by atoms with van der Waals surface area (Å²) >= 11 is 0. The van der Waals surface area contributed by atoms with Crippen molar-refractivity contribution in [3.8, 4) is 11.5 Å². The number of benzene rings is 2. The van der Waals surface area contributed by atoms with Crippen LogP contribution in [0.1, 0.15) is 34.5 Å². The van der Waals surface area contributed by atoms with E-state index in [0.717, 1.165) is 60.6 Å². The van der Waals surface area contributed by atoms with Gasteiger partial charge < -0.3 is 14.8 Å². The Hall–Kier alpha value is -3.12. The molecular formula is C26H31N3O3. The van der Waals surface area contributed by atoms with Crippen LogP contribution in [-0.2, 0) is 6.54 Å². The van der Waals surface area contributed by atoms with Crippen molar-refractivity contribution in [3.05, 3.63) is 65.4 Å². The van der Waals surface area contributed by atoms with Crippen LogP contribution in [-0.4, -0.2) is 49.6 Å². The Balaban J connectivity index is 1.28. The maximum atomic E-state index is 12.8. The van der Waals surface area contributed by atoms with Gasteiger partial charge in [-0.3, -0.25) is 14.7 Å². The molecule has 168 valence electrons. The minimum Gasteiger partial charge on any atom is -0.497 e. The van der Waals surface area contributed by atoms with Gasteiger partial charge in [-0.1, -0.05) is 12.1 Å². The number of rotatable bonds is 7. The number of carbonyl (C=O) groups is 1. The summed E-state index contributed by atoms with van der Waals surface area (Å²) in [6, 6.07) is 15.9. The van der Waals surface area contributed by atoms with Crippen LogP contribution in [0.15, 0.2) is 48.5 Å². The van der Waals surface area contributed by atoms with Gasteiger partial charge in [-0.25, -0.2) is 0 Å². The second-order valence-electron chi connectivity index (χ2n) is 8.46. The Bertz CT molecular complexity index is 1070. The molecule has 0 spiro atoms. The number of piperidine rings is 1. The molecule has 0 radical (unpaired) electrons. The summed E-state index contributed by atoms with van der Waals surface area (Å²) in [5, 5.41) is 4.08. The van der Waals surface area contributed by atoms with Crippen LogP contribution >= 0.6 is 0 Å². The summed E-state index contributed by atoms with van der Waals surface area (Å²) < 4.78 is 10.5. The van der Waals surface area contributed by atoms with Crippen LogP contribution in [0.5, 0.6) is 11.5 Å². The number of pyridine rings is 1. The van der Waals surface area contributed by atoms with Crippen LogP contribution < -0.4 is 14.8 Å². The number of aryl methyl sites for hydroxylation is 1. The number of carbonyl (C=O) groups excluding carboxylic acids is 1. The number of fused-ring (bicyclic) bond motifs is 1. The summed E-state index contributed by atoms with van der Waals surface area (Å²) in [6.07, 6.45) is 2.18. The first kappa shape index (κ1) is 22.1. The first-order valence-electron chi connectivity index (χ1n) is 11.1. The van der Waals surface area contributed by atoms with E-state index >= 15 is 0 Å². The summed E-state index contributed by atoms with van der Waals surface area (Å²) in [6.45, 7) is 5.63. The van der Waals surface area contributed by atoms with Crippen molar-refractivity contribution >= 4 is 16.8 Å². The highest BCUT2D eigenvalue weighted by Crippen LogP contribution is 2.23. The number of ether oxygens (including phenoxy) is 2. The van der Waals surface area contributed by atoms with Gasteiger partial charge >= 0.3 is 0 Å². The minimum absolute atomic E-state index is 0.0478. The van der Waals surface area contributed by atoms with Crippen LogP contribution in [0.2, 0.25) is 0 Å². The van der Waals surface area contributed by atoms with Crippen molar-refractivity contribution in [2.45, 2.75) is 26.3 Å². The number of nitrogens with zero attached hydrogens (tertiary/aromatic N) is 2.